The zero-order valence-corrected chi connectivity index (χ0v) is 8.21. The molecule has 1 N–H and O–H groups in total. The van der Waals surface area contributed by atoms with Gasteiger partial charge in [-0.3, -0.25) is 4.79 Å². The number of hydrogen-bond acceptors (Lipinski definition) is 4. The van der Waals surface area contributed by atoms with Gasteiger partial charge >= 0.3 is 5.97 Å². The van der Waals surface area contributed by atoms with Crippen molar-refractivity contribution in [2.75, 3.05) is 27.4 Å². The van der Waals surface area contributed by atoms with Gasteiger partial charge in [-0.25, -0.2) is 0 Å². The number of likely N-dealkylation sites (N-methyl/N-ethyl adjacent to an activating group) is 1. The van der Waals surface area contributed by atoms with Crippen molar-refractivity contribution in [3.05, 3.63) is 0 Å². The lowest BCUT2D eigenvalue weighted by Gasteiger charge is -2.27. The minimum atomic E-state index is -0.172. The zero-order chi connectivity index (χ0) is 9.68. The third kappa shape index (κ3) is 2.67. The molecule has 1 saturated heterocycles. The van der Waals surface area contributed by atoms with Crippen LogP contribution in [0.15, 0.2) is 0 Å². The van der Waals surface area contributed by atoms with E-state index in [9.17, 15) is 4.79 Å². The summed E-state index contributed by atoms with van der Waals surface area (Å²) in [5.74, 6) is 0.181. The van der Waals surface area contributed by atoms with Crippen molar-refractivity contribution >= 4 is 5.97 Å². The predicted octanol–water partition coefficient (Wildman–Crippen LogP) is 0.174. The molecular formula is C9H17NO3. The third-order valence-corrected chi connectivity index (χ3v) is 2.50. The summed E-state index contributed by atoms with van der Waals surface area (Å²) >= 11 is 0. The van der Waals surface area contributed by atoms with Gasteiger partial charge in [0.15, 0.2) is 0 Å². The van der Waals surface area contributed by atoms with Gasteiger partial charge in [0, 0.05) is 13.2 Å². The zero-order valence-electron chi connectivity index (χ0n) is 8.21. The maximum atomic E-state index is 11.3. The molecule has 1 rings (SSSR count). The standard InChI is InChI=1S/C9H17NO3/c1-10-8(9(11)12-2)7-3-5-13-6-4-7/h7-8,10H,3-6H2,1-2H3. The number of ether oxygens (including phenoxy) is 2. The van der Waals surface area contributed by atoms with Crippen LogP contribution in [0.4, 0.5) is 0 Å². The monoisotopic (exact) mass is 187 g/mol. The smallest absolute Gasteiger partial charge is 0.323 e. The van der Waals surface area contributed by atoms with Crippen molar-refractivity contribution in [2.24, 2.45) is 5.92 Å². The van der Waals surface area contributed by atoms with Crippen LogP contribution in [-0.4, -0.2) is 39.4 Å². The number of nitrogens with one attached hydrogen (secondary N) is 1. The first-order valence-electron chi connectivity index (χ1n) is 4.62. The molecule has 0 aromatic heterocycles. The Hall–Kier alpha value is -0.610. The third-order valence-electron chi connectivity index (χ3n) is 2.50. The fourth-order valence-corrected chi connectivity index (χ4v) is 1.72. The molecule has 0 saturated carbocycles. The molecule has 4 heteroatoms. The molecule has 1 heterocycles. The van der Waals surface area contributed by atoms with Gasteiger partial charge in [0.2, 0.25) is 0 Å². The molecule has 4 nitrogen and oxygen atoms in total. The van der Waals surface area contributed by atoms with Crippen LogP contribution in [-0.2, 0) is 14.3 Å². The predicted molar refractivity (Wildman–Crippen MR) is 48.4 cm³/mol. The highest BCUT2D eigenvalue weighted by molar-refractivity contribution is 5.76. The van der Waals surface area contributed by atoms with E-state index < -0.39 is 0 Å². The lowest BCUT2D eigenvalue weighted by Crippen LogP contribution is -2.43. The molecule has 0 aliphatic carbocycles. The fourth-order valence-electron chi connectivity index (χ4n) is 1.72. The van der Waals surface area contributed by atoms with Crippen LogP contribution in [0.1, 0.15) is 12.8 Å². The Morgan fingerprint density at radius 3 is 2.62 bits per heavy atom. The first-order chi connectivity index (χ1) is 6.29. The van der Waals surface area contributed by atoms with Crippen molar-refractivity contribution in [2.45, 2.75) is 18.9 Å². The molecule has 0 radical (unpaired) electrons. The van der Waals surface area contributed by atoms with E-state index in [0.29, 0.717) is 5.92 Å². The first kappa shape index (κ1) is 10.5. The lowest BCUT2D eigenvalue weighted by atomic mass is 9.92. The summed E-state index contributed by atoms with van der Waals surface area (Å²) in [6, 6.07) is -0.172. The van der Waals surface area contributed by atoms with Gasteiger partial charge in [-0.05, 0) is 25.8 Å². The summed E-state index contributed by atoms with van der Waals surface area (Å²) in [6.45, 7) is 1.50. The lowest BCUT2D eigenvalue weighted by molar-refractivity contribution is -0.145. The largest absolute Gasteiger partial charge is 0.468 e. The molecule has 0 aromatic rings. The van der Waals surface area contributed by atoms with Crippen LogP contribution in [0.3, 0.4) is 0 Å². The summed E-state index contributed by atoms with van der Waals surface area (Å²) in [5.41, 5.74) is 0. The minimum Gasteiger partial charge on any atom is -0.468 e. The molecular weight excluding hydrogens is 170 g/mol. The normalized spacial score (nSPS) is 21.1. The second-order valence-electron chi connectivity index (χ2n) is 3.24. The van der Waals surface area contributed by atoms with Crippen molar-refractivity contribution in [1.29, 1.82) is 0 Å². The van der Waals surface area contributed by atoms with Gasteiger partial charge in [-0.15, -0.1) is 0 Å². The van der Waals surface area contributed by atoms with E-state index in [1.165, 1.54) is 7.11 Å². The van der Waals surface area contributed by atoms with Crippen LogP contribution in [0.2, 0.25) is 0 Å². The van der Waals surface area contributed by atoms with Crippen LogP contribution in [0.25, 0.3) is 0 Å². The maximum absolute atomic E-state index is 11.3. The fraction of sp³-hybridized carbons (Fsp3) is 0.889. The van der Waals surface area contributed by atoms with Crippen molar-refractivity contribution in [3.63, 3.8) is 0 Å². The van der Waals surface area contributed by atoms with Gasteiger partial charge in [-0.2, -0.15) is 0 Å². The average molecular weight is 187 g/mol. The van der Waals surface area contributed by atoms with E-state index in [4.69, 9.17) is 9.47 Å². The Bertz CT molecular complexity index is 166. The number of carbonyl (C=O) groups excluding carboxylic acids is 1. The molecule has 0 aromatic carbocycles. The topological polar surface area (TPSA) is 47.6 Å². The molecule has 1 unspecified atom stereocenters. The number of hydrogen-bond donors (Lipinski definition) is 1. The van der Waals surface area contributed by atoms with Gasteiger partial charge < -0.3 is 14.8 Å². The maximum Gasteiger partial charge on any atom is 0.323 e. The number of esters is 1. The van der Waals surface area contributed by atoms with Gasteiger partial charge in [-0.1, -0.05) is 0 Å². The Balaban J connectivity index is 2.48. The van der Waals surface area contributed by atoms with Crippen LogP contribution >= 0.6 is 0 Å². The SMILES string of the molecule is CNC(C(=O)OC)C1CCOCC1. The van der Waals surface area contributed by atoms with E-state index in [0.717, 1.165) is 26.1 Å². The van der Waals surface area contributed by atoms with Crippen LogP contribution < -0.4 is 5.32 Å². The van der Waals surface area contributed by atoms with E-state index in [2.05, 4.69) is 5.32 Å². The molecule has 0 bridgehead atoms. The molecule has 1 aliphatic heterocycles. The van der Waals surface area contributed by atoms with Gasteiger partial charge in [0.05, 0.1) is 7.11 Å². The van der Waals surface area contributed by atoms with E-state index >= 15 is 0 Å². The quantitative estimate of drug-likeness (QED) is 0.640. The molecule has 76 valence electrons. The first-order valence-corrected chi connectivity index (χ1v) is 4.62. The van der Waals surface area contributed by atoms with Crippen molar-refractivity contribution in [3.8, 4) is 0 Å². The van der Waals surface area contributed by atoms with E-state index in [1.807, 2.05) is 0 Å². The second-order valence-corrected chi connectivity index (χ2v) is 3.24. The molecule has 1 atom stereocenters. The van der Waals surface area contributed by atoms with Crippen molar-refractivity contribution < 1.29 is 14.3 Å². The summed E-state index contributed by atoms with van der Waals surface area (Å²) < 4.78 is 9.94. The van der Waals surface area contributed by atoms with Crippen LogP contribution in [0.5, 0.6) is 0 Å². The average Bonchev–Trinajstić information content (AvgIpc) is 2.20. The summed E-state index contributed by atoms with van der Waals surface area (Å²) in [5, 5.41) is 2.99. The number of rotatable bonds is 3. The Kier molecular flexibility index (Phi) is 4.18. The Labute approximate surface area is 78.6 Å². The highest BCUT2D eigenvalue weighted by atomic mass is 16.5. The number of methoxy groups -OCH3 is 1. The molecule has 1 aliphatic rings. The van der Waals surface area contributed by atoms with E-state index in [1.54, 1.807) is 7.05 Å². The summed E-state index contributed by atoms with van der Waals surface area (Å²) in [6.07, 6.45) is 1.86. The van der Waals surface area contributed by atoms with E-state index in [-0.39, 0.29) is 12.0 Å². The van der Waals surface area contributed by atoms with Gasteiger partial charge in [0.1, 0.15) is 6.04 Å². The second kappa shape index (κ2) is 5.19. The number of carbonyl (C=O) groups is 1. The Morgan fingerprint density at radius 2 is 2.15 bits per heavy atom. The van der Waals surface area contributed by atoms with Crippen molar-refractivity contribution in [1.82, 2.24) is 5.32 Å². The molecule has 0 spiro atoms. The minimum absolute atomic E-state index is 0.172. The molecule has 1 fully saturated rings. The highest BCUT2D eigenvalue weighted by Crippen LogP contribution is 2.19. The Morgan fingerprint density at radius 1 is 1.54 bits per heavy atom. The molecule has 13 heavy (non-hydrogen) atoms. The summed E-state index contributed by atoms with van der Waals surface area (Å²) in [7, 11) is 3.21. The van der Waals surface area contributed by atoms with Gasteiger partial charge in [0.25, 0.3) is 0 Å². The molecule has 0 amide bonds. The highest BCUT2D eigenvalue weighted by Gasteiger charge is 2.28. The van der Waals surface area contributed by atoms with Crippen LogP contribution in [0, 0.1) is 5.92 Å². The summed E-state index contributed by atoms with van der Waals surface area (Å²) in [4.78, 5) is 11.3.